The molecule has 2 aliphatic heterocycles. The molecule has 0 aromatic carbocycles. The van der Waals surface area contributed by atoms with Crippen LogP contribution in [0, 0.1) is 0 Å². The maximum Gasteiger partial charge on any atom is 0.331 e. The number of aliphatic carboxylic acids is 1. The van der Waals surface area contributed by atoms with E-state index in [4.69, 9.17) is 9.84 Å². The number of hydrogen-bond acceptors (Lipinski definition) is 5. The van der Waals surface area contributed by atoms with Crippen LogP contribution in [0.2, 0.25) is 0 Å². The number of rotatable bonds is 4. The van der Waals surface area contributed by atoms with E-state index in [1.165, 1.54) is 16.7 Å². The smallest absolute Gasteiger partial charge is 0.331 e. The van der Waals surface area contributed by atoms with Crippen molar-refractivity contribution in [3.05, 3.63) is 0 Å². The van der Waals surface area contributed by atoms with E-state index in [2.05, 4.69) is 5.32 Å². The number of carbonyl (C=O) groups excluding carboxylic acids is 2. The molecule has 2 aliphatic rings. The summed E-state index contributed by atoms with van der Waals surface area (Å²) in [5.41, 5.74) is -1.34. The molecule has 1 unspecified atom stereocenters. The highest BCUT2D eigenvalue weighted by Crippen LogP contribution is 2.19. The van der Waals surface area contributed by atoms with Crippen LogP contribution in [0.5, 0.6) is 0 Å². The Bertz CT molecular complexity index is 380. The highest BCUT2D eigenvalue weighted by Gasteiger charge is 2.44. The zero-order chi connectivity index (χ0) is 13.2. The molecule has 8 heteroatoms. The molecule has 2 amide bonds. The topological polar surface area (TPSA) is 95.9 Å². The van der Waals surface area contributed by atoms with Gasteiger partial charge in [-0.15, -0.1) is 11.8 Å². The molecule has 0 spiro atoms. The minimum atomic E-state index is -1.34. The predicted molar refractivity (Wildman–Crippen MR) is 63.0 cm³/mol. The van der Waals surface area contributed by atoms with Crippen molar-refractivity contribution in [2.24, 2.45) is 0 Å². The van der Waals surface area contributed by atoms with Crippen molar-refractivity contribution < 1.29 is 24.2 Å². The van der Waals surface area contributed by atoms with Gasteiger partial charge in [0, 0.05) is 13.0 Å². The molecule has 0 aromatic rings. The molecule has 1 atom stereocenters. The van der Waals surface area contributed by atoms with Crippen LogP contribution in [-0.4, -0.2) is 64.7 Å². The monoisotopic (exact) mass is 274 g/mol. The van der Waals surface area contributed by atoms with Crippen LogP contribution in [0.1, 0.15) is 6.42 Å². The minimum absolute atomic E-state index is 0.0310. The van der Waals surface area contributed by atoms with Gasteiger partial charge in [-0.3, -0.25) is 9.59 Å². The summed E-state index contributed by atoms with van der Waals surface area (Å²) in [5.74, 6) is -0.806. The van der Waals surface area contributed by atoms with Gasteiger partial charge in [-0.25, -0.2) is 4.79 Å². The van der Waals surface area contributed by atoms with Crippen LogP contribution < -0.4 is 5.32 Å². The van der Waals surface area contributed by atoms with Crippen molar-refractivity contribution >= 4 is 29.5 Å². The summed E-state index contributed by atoms with van der Waals surface area (Å²) in [6.45, 7) is 0.183. The molecule has 2 heterocycles. The van der Waals surface area contributed by atoms with Crippen LogP contribution in [0.15, 0.2) is 0 Å². The highest BCUT2D eigenvalue weighted by molar-refractivity contribution is 8.00. The molecule has 2 N–H and O–H groups in total. The molecule has 0 aromatic heterocycles. The number of carboxylic acids is 1. The highest BCUT2D eigenvalue weighted by atomic mass is 32.2. The number of carboxylic acid groups (broad SMARTS) is 1. The van der Waals surface area contributed by atoms with E-state index in [1.54, 1.807) is 0 Å². The van der Waals surface area contributed by atoms with Crippen LogP contribution in [0.4, 0.5) is 0 Å². The van der Waals surface area contributed by atoms with E-state index in [1.807, 2.05) is 0 Å². The first kappa shape index (κ1) is 13.2. The first-order chi connectivity index (χ1) is 8.53. The van der Waals surface area contributed by atoms with Crippen molar-refractivity contribution in [1.29, 1.82) is 0 Å². The number of nitrogens with zero attached hydrogens (tertiary/aromatic N) is 1. The van der Waals surface area contributed by atoms with E-state index in [0.717, 1.165) is 0 Å². The standard InChI is InChI=1S/C10H14N2O5S/c13-7(3-12-6-18-4-8(12)14)11-10(9(15)16)1-2-17-5-10/h1-6H2,(H,11,13)(H,15,16). The lowest BCUT2D eigenvalue weighted by molar-refractivity contribution is -0.148. The molecule has 0 bridgehead atoms. The molecule has 0 radical (unpaired) electrons. The molecule has 18 heavy (non-hydrogen) atoms. The molecule has 2 rings (SSSR count). The summed E-state index contributed by atoms with van der Waals surface area (Å²) in [6, 6.07) is 0. The SMILES string of the molecule is O=C(CN1CSCC1=O)NC1(C(=O)O)CCOC1. The Morgan fingerprint density at radius 2 is 2.33 bits per heavy atom. The minimum Gasteiger partial charge on any atom is -0.479 e. The third kappa shape index (κ3) is 2.59. The molecular weight excluding hydrogens is 260 g/mol. The normalized spacial score (nSPS) is 27.6. The van der Waals surface area contributed by atoms with Crippen LogP contribution >= 0.6 is 11.8 Å². The Labute approximate surface area is 108 Å². The van der Waals surface area contributed by atoms with Gasteiger partial charge in [0.1, 0.15) is 6.54 Å². The number of thioether (sulfide) groups is 1. The lowest BCUT2D eigenvalue weighted by Crippen LogP contribution is -2.57. The second-order valence-electron chi connectivity index (χ2n) is 4.31. The summed E-state index contributed by atoms with van der Waals surface area (Å²) in [6.07, 6.45) is 0.247. The molecular formula is C10H14N2O5S. The predicted octanol–water partition coefficient (Wildman–Crippen LogP) is -1.12. The number of amides is 2. The summed E-state index contributed by atoms with van der Waals surface area (Å²) < 4.78 is 5.03. The fraction of sp³-hybridized carbons (Fsp3) is 0.700. The Hall–Kier alpha value is -1.28. The molecule has 0 saturated carbocycles. The Balaban J connectivity index is 1.93. The van der Waals surface area contributed by atoms with Crippen LogP contribution in [-0.2, 0) is 19.1 Å². The second kappa shape index (κ2) is 5.15. The van der Waals surface area contributed by atoms with Crippen molar-refractivity contribution in [3.63, 3.8) is 0 Å². The van der Waals surface area contributed by atoms with Gasteiger partial charge in [-0.1, -0.05) is 0 Å². The van der Waals surface area contributed by atoms with E-state index in [0.29, 0.717) is 18.2 Å². The van der Waals surface area contributed by atoms with E-state index in [9.17, 15) is 14.4 Å². The number of nitrogens with one attached hydrogen (secondary N) is 1. The Kier molecular flexibility index (Phi) is 3.76. The van der Waals surface area contributed by atoms with Gasteiger partial charge in [0.25, 0.3) is 0 Å². The van der Waals surface area contributed by atoms with Crippen molar-refractivity contribution in [3.8, 4) is 0 Å². The van der Waals surface area contributed by atoms with E-state index < -0.39 is 17.4 Å². The fourth-order valence-electron chi connectivity index (χ4n) is 1.91. The van der Waals surface area contributed by atoms with E-state index >= 15 is 0 Å². The third-order valence-corrected chi connectivity index (χ3v) is 3.91. The largest absolute Gasteiger partial charge is 0.479 e. The van der Waals surface area contributed by atoms with Crippen LogP contribution in [0.3, 0.4) is 0 Å². The molecule has 100 valence electrons. The molecule has 2 saturated heterocycles. The first-order valence-electron chi connectivity index (χ1n) is 5.51. The van der Waals surface area contributed by atoms with Crippen molar-refractivity contribution in [2.75, 3.05) is 31.4 Å². The first-order valence-corrected chi connectivity index (χ1v) is 6.67. The van der Waals surface area contributed by atoms with Gasteiger partial charge in [-0.2, -0.15) is 0 Å². The summed E-state index contributed by atoms with van der Waals surface area (Å²) in [4.78, 5) is 35.7. The van der Waals surface area contributed by atoms with Gasteiger partial charge in [0.15, 0.2) is 5.54 Å². The molecule has 7 nitrogen and oxygen atoms in total. The zero-order valence-corrected chi connectivity index (χ0v) is 10.5. The lowest BCUT2D eigenvalue weighted by Gasteiger charge is -2.25. The van der Waals surface area contributed by atoms with Gasteiger partial charge in [0.05, 0.1) is 18.2 Å². The average molecular weight is 274 g/mol. The van der Waals surface area contributed by atoms with Gasteiger partial charge >= 0.3 is 5.97 Å². The number of hydrogen-bond donors (Lipinski definition) is 2. The summed E-state index contributed by atoms with van der Waals surface area (Å²) >= 11 is 1.44. The maximum atomic E-state index is 11.8. The quantitative estimate of drug-likeness (QED) is 0.674. The van der Waals surface area contributed by atoms with Crippen molar-refractivity contribution in [1.82, 2.24) is 10.2 Å². The number of carbonyl (C=O) groups is 3. The lowest BCUT2D eigenvalue weighted by atomic mass is 9.99. The summed E-state index contributed by atoms with van der Waals surface area (Å²) in [5, 5.41) is 11.6. The Morgan fingerprint density at radius 1 is 1.56 bits per heavy atom. The zero-order valence-electron chi connectivity index (χ0n) is 9.68. The fourth-order valence-corrected chi connectivity index (χ4v) is 2.81. The average Bonchev–Trinajstić information content (AvgIpc) is 2.90. The van der Waals surface area contributed by atoms with Gasteiger partial charge in [-0.05, 0) is 0 Å². The third-order valence-electron chi connectivity index (χ3n) is 2.97. The second-order valence-corrected chi connectivity index (χ2v) is 5.26. The van der Waals surface area contributed by atoms with Crippen molar-refractivity contribution in [2.45, 2.75) is 12.0 Å². The van der Waals surface area contributed by atoms with Crippen LogP contribution in [0.25, 0.3) is 0 Å². The summed E-state index contributed by atoms with van der Waals surface area (Å²) in [7, 11) is 0. The van der Waals surface area contributed by atoms with Gasteiger partial charge < -0.3 is 20.1 Å². The number of ether oxygens (including phenoxy) is 1. The molecule has 0 aliphatic carbocycles. The molecule has 2 fully saturated rings. The van der Waals surface area contributed by atoms with Gasteiger partial charge in [0.2, 0.25) is 11.8 Å². The van der Waals surface area contributed by atoms with E-state index in [-0.39, 0.29) is 25.5 Å². The Morgan fingerprint density at radius 3 is 2.83 bits per heavy atom. The maximum absolute atomic E-state index is 11.8.